The standard InChI is InChI=1S/C10H16N4/c1-8-6-9(7-13-10(8)11)14-4-2-12-3-5-14/h6-7,12H,2-5H2,1H3,(H2,11,13). The van der Waals surface area contributed by atoms with Gasteiger partial charge in [0.2, 0.25) is 0 Å². The van der Waals surface area contributed by atoms with Gasteiger partial charge in [0, 0.05) is 26.2 Å². The van der Waals surface area contributed by atoms with E-state index in [0.29, 0.717) is 5.82 Å². The van der Waals surface area contributed by atoms with E-state index < -0.39 is 0 Å². The molecule has 0 saturated carbocycles. The van der Waals surface area contributed by atoms with Gasteiger partial charge in [-0.15, -0.1) is 0 Å². The summed E-state index contributed by atoms with van der Waals surface area (Å²) in [4.78, 5) is 6.50. The van der Waals surface area contributed by atoms with Crippen molar-refractivity contribution in [3.05, 3.63) is 17.8 Å². The number of rotatable bonds is 1. The maximum Gasteiger partial charge on any atom is 0.126 e. The van der Waals surface area contributed by atoms with E-state index >= 15 is 0 Å². The number of nitrogens with one attached hydrogen (secondary N) is 1. The summed E-state index contributed by atoms with van der Waals surface area (Å²) in [5, 5.41) is 3.32. The molecule has 0 aliphatic carbocycles. The van der Waals surface area contributed by atoms with Gasteiger partial charge in [-0.1, -0.05) is 0 Å². The van der Waals surface area contributed by atoms with E-state index in [2.05, 4.69) is 21.3 Å². The molecule has 14 heavy (non-hydrogen) atoms. The number of aryl methyl sites for hydroxylation is 1. The van der Waals surface area contributed by atoms with Crippen molar-refractivity contribution >= 4 is 11.5 Å². The molecule has 0 unspecified atom stereocenters. The third kappa shape index (κ3) is 1.80. The first kappa shape index (κ1) is 9.27. The van der Waals surface area contributed by atoms with Crippen molar-refractivity contribution < 1.29 is 0 Å². The Morgan fingerprint density at radius 3 is 2.79 bits per heavy atom. The molecule has 3 N–H and O–H groups in total. The van der Waals surface area contributed by atoms with Crippen LogP contribution in [0.3, 0.4) is 0 Å². The summed E-state index contributed by atoms with van der Waals surface area (Å²) < 4.78 is 0. The van der Waals surface area contributed by atoms with Gasteiger partial charge in [-0.25, -0.2) is 4.98 Å². The summed E-state index contributed by atoms with van der Waals surface area (Å²) in [6.45, 7) is 6.18. The topological polar surface area (TPSA) is 54.2 Å². The molecule has 0 spiro atoms. The SMILES string of the molecule is Cc1cc(N2CCNCC2)cnc1N. The molecule has 0 atom stereocenters. The Kier molecular flexibility index (Phi) is 2.54. The average Bonchev–Trinajstić information content (AvgIpc) is 2.23. The quantitative estimate of drug-likeness (QED) is 0.675. The number of piperazine rings is 1. The highest BCUT2D eigenvalue weighted by Crippen LogP contribution is 2.17. The van der Waals surface area contributed by atoms with Gasteiger partial charge in [-0.2, -0.15) is 0 Å². The largest absolute Gasteiger partial charge is 0.383 e. The van der Waals surface area contributed by atoms with Crippen molar-refractivity contribution in [2.45, 2.75) is 6.92 Å². The highest BCUT2D eigenvalue weighted by molar-refractivity contribution is 5.52. The first-order valence-electron chi connectivity index (χ1n) is 4.95. The average molecular weight is 192 g/mol. The van der Waals surface area contributed by atoms with Gasteiger partial charge in [0.1, 0.15) is 5.82 Å². The maximum atomic E-state index is 5.68. The van der Waals surface area contributed by atoms with Crippen LogP contribution < -0.4 is 16.0 Å². The Balaban J connectivity index is 2.18. The van der Waals surface area contributed by atoms with Gasteiger partial charge in [-0.05, 0) is 18.6 Å². The number of nitrogens with zero attached hydrogens (tertiary/aromatic N) is 2. The fourth-order valence-corrected chi connectivity index (χ4v) is 1.67. The molecular formula is C10H16N4. The first-order chi connectivity index (χ1) is 6.77. The van der Waals surface area contributed by atoms with Crippen LogP contribution in [0.2, 0.25) is 0 Å². The van der Waals surface area contributed by atoms with E-state index in [1.807, 2.05) is 13.1 Å². The number of anilines is 2. The predicted molar refractivity (Wildman–Crippen MR) is 58.5 cm³/mol. The van der Waals surface area contributed by atoms with E-state index in [-0.39, 0.29) is 0 Å². The summed E-state index contributed by atoms with van der Waals surface area (Å²) in [6.07, 6.45) is 1.85. The molecule has 1 aromatic heterocycles. The lowest BCUT2D eigenvalue weighted by atomic mass is 10.2. The van der Waals surface area contributed by atoms with Crippen LogP contribution in [0.1, 0.15) is 5.56 Å². The molecule has 1 aromatic rings. The van der Waals surface area contributed by atoms with E-state index in [4.69, 9.17) is 5.73 Å². The molecule has 4 heteroatoms. The Labute approximate surface area is 84.1 Å². The second kappa shape index (κ2) is 3.84. The van der Waals surface area contributed by atoms with Crippen LogP contribution in [0.15, 0.2) is 12.3 Å². The van der Waals surface area contributed by atoms with Crippen molar-refractivity contribution in [3.63, 3.8) is 0 Å². The molecule has 0 bridgehead atoms. The third-order valence-corrected chi connectivity index (χ3v) is 2.59. The van der Waals surface area contributed by atoms with Crippen LogP contribution >= 0.6 is 0 Å². The minimum absolute atomic E-state index is 0.629. The summed E-state index contributed by atoms with van der Waals surface area (Å²) in [6, 6.07) is 2.10. The van der Waals surface area contributed by atoms with Gasteiger partial charge in [-0.3, -0.25) is 0 Å². The molecule has 76 valence electrons. The summed E-state index contributed by atoms with van der Waals surface area (Å²) >= 11 is 0. The zero-order chi connectivity index (χ0) is 9.97. The molecule has 1 aliphatic rings. The molecule has 0 amide bonds. The number of hydrogen-bond donors (Lipinski definition) is 2. The lowest BCUT2D eigenvalue weighted by molar-refractivity contribution is 0.588. The Hall–Kier alpha value is -1.29. The van der Waals surface area contributed by atoms with Crippen LogP contribution in [-0.2, 0) is 0 Å². The Morgan fingerprint density at radius 2 is 2.14 bits per heavy atom. The van der Waals surface area contributed by atoms with Crippen molar-refractivity contribution in [2.75, 3.05) is 36.8 Å². The number of hydrogen-bond acceptors (Lipinski definition) is 4. The van der Waals surface area contributed by atoms with Crippen molar-refractivity contribution in [1.82, 2.24) is 10.3 Å². The fraction of sp³-hybridized carbons (Fsp3) is 0.500. The molecular weight excluding hydrogens is 176 g/mol. The monoisotopic (exact) mass is 192 g/mol. The summed E-state index contributed by atoms with van der Waals surface area (Å²) in [5.41, 5.74) is 7.91. The smallest absolute Gasteiger partial charge is 0.126 e. The van der Waals surface area contributed by atoms with Gasteiger partial charge < -0.3 is 16.0 Å². The van der Waals surface area contributed by atoms with E-state index in [9.17, 15) is 0 Å². The molecule has 0 radical (unpaired) electrons. The highest BCUT2D eigenvalue weighted by atomic mass is 15.2. The minimum Gasteiger partial charge on any atom is -0.383 e. The van der Waals surface area contributed by atoms with Crippen LogP contribution in [0.4, 0.5) is 11.5 Å². The molecule has 2 heterocycles. The van der Waals surface area contributed by atoms with Gasteiger partial charge >= 0.3 is 0 Å². The normalized spacial score (nSPS) is 17.1. The molecule has 1 aliphatic heterocycles. The van der Waals surface area contributed by atoms with Gasteiger partial charge in [0.05, 0.1) is 11.9 Å². The number of nitrogens with two attached hydrogens (primary N) is 1. The third-order valence-electron chi connectivity index (χ3n) is 2.59. The second-order valence-electron chi connectivity index (χ2n) is 3.63. The highest BCUT2D eigenvalue weighted by Gasteiger charge is 2.10. The van der Waals surface area contributed by atoms with E-state index in [1.54, 1.807) is 0 Å². The molecule has 4 nitrogen and oxygen atoms in total. The lowest BCUT2D eigenvalue weighted by Gasteiger charge is -2.29. The molecule has 0 aromatic carbocycles. The van der Waals surface area contributed by atoms with Crippen LogP contribution in [-0.4, -0.2) is 31.2 Å². The lowest BCUT2D eigenvalue weighted by Crippen LogP contribution is -2.43. The van der Waals surface area contributed by atoms with Gasteiger partial charge in [0.25, 0.3) is 0 Å². The molecule has 1 saturated heterocycles. The Bertz CT molecular complexity index is 318. The van der Waals surface area contributed by atoms with E-state index in [1.165, 1.54) is 5.69 Å². The first-order valence-corrected chi connectivity index (χ1v) is 4.95. The summed E-state index contributed by atoms with van der Waals surface area (Å²) in [5.74, 6) is 0.629. The zero-order valence-electron chi connectivity index (χ0n) is 8.45. The number of pyridine rings is 1. The van der Waals surface area contributed by atoms with E-state index in [0.717, 1.165) is 31.7 Å². The number of aromatic nitrogens is 1. The molecule has 2 rings (SSSR count). The van der Waals surface area contributed by atoms with Gasteiger partial charge in [0.15, 0.2) is 0 Å². The zero-order valence-corrected chi connectivity index (χ0v) is 8.45. The maximum absolute atomic E-state index is 5.68. The van der Waals surface area contributed by atoms with Crippen molar-refractivity contribution in [3.8, 4) is 0 Å². The van der Waals surface area contributed by atoms with Crippen molar-refractivity contribution in [2.24, 2.45) is 0 Å². The number of nitrogen functional groups attached to an aromatic ring is 1. The van der Waals surface area contributed by atoms with Crippen LogP contribution in [0.25, 0.3) is 0 Å². The minimum atomic E-state index is 0.629. The van der Waals surface area contributed by atoms with Crippen LogP contribution in [0, 0.1) is 6.92 Å². The predicted octanol–water partition coefficient (Wildman–Crippen LogP) is 0.382. The summed E-state index contributed by atoms with van der Waals surface area (Å²) in [7, 11) is 0. The fourth-order valence-electron chi connectivity index (χ4n) is 1.67. The Morgan fingerprint density at radius 1 is 1.43 bits per heavy atom. The second-order valence-corrected chi connectivity index (χ2v) is 3.63. The van der Waals surface area contributed by atoms with Crippen LogP contribution in [0.5, 0.6) is 0 Å². The molecule has 1 fully saturated rings. The van der Waals surface area contributed by atoms with Crippen molar-refractivity contribution in [1.29, 1.82) is 0 Å².